The summed E-state index contributed by atoms with van der Waals surface area (Å²) < 4.78 is 38.5. The van der Waals surface area contributed by atoms with Crippen LogP contribution >= 0.6 is 0 Å². The van der Waals surface area contributed by atoms with Gasteiger partial charge in [0.15, 0.2) is 5.69 Å². The number of halogens is 3. The summed E-state index contributed by atoms with van der Waals surface area (Å²) in [6.45, 7) is 4.24. The molecule has 8 heteroatoms. The van der Waals surface area contributed by atoms with Crippen LogP contribution in [0.3, 0.4) is 0 Å². The Morgan fingerprint density at radius 1 is 1.35 bits per heavy atom. The van der Waals surface area contributed by atoms with Crippen molar-refractivity contribution in [1.82, 2.24) is 15.0 Å². The second-order valence-corrected chi connectivity index (χ2v) is 4.00. The van der Waals surface area contributed by atoms with Gasteiger partial charge in [0.1, 0.15) is 6.04 Å². The average molecular weight is 250 g/mol. The fourth-order valence-corrected chi connectivity index (χ4v) is 1.44. The summed E-state index contributed by atoms with van der Waals surface area (Å²) >= 11 is 0. The van der Waals surface area contributed by atoms with Gasteiger partial charge in [-0.15, -0.1) is 5.10 Å². The molecular formula is C9H13F3N4O. The number of primary amides is 1. The predicted octanol–water partition coefficient (Wildman–Crippen LogP) is 1.62. The highest BCUT2D eigenvalue weighted by Crippen LogP contribution is 2.32. The van der Waals surface area contributed by atoms with Crippen molar-refractivity contribution in [1.29, 1.82) is 0 Å². The van der Waals surface area contributed by atoms with E-state index in [4.69, 9.17) is 5.73 Å². The number of hydrogen-bond donors (Lipinski definition) is 1. The monoisotopic (exact) mass is 250 g/mol. The van der Waals surface area contributed by atoms with Crippen molar-refractivity contribution >= 4 is 5.91 Å². The Bertz CT molecular complexity index is 424. The molecule has 1 aromatic rings. The Hall–Kier alpha value is -1.60. The smallest absolute Gasteiger partial charge is 0.364 e. The summed E-state index contributed by atoms with van der Waals surface area (Å²) in [4.78, 5) is 11.0. The van der Waals surface area contributed by atoms with Crippen molar-refractivity contribution in [2.45, 2.75) is 38.9 Å². The minimum absolute atomic E-state index is 0.0994. The first-order chi connectivity index (χ1) is 7.66. The fourth-order valence-electron chi connectivity index (χ4n) is 1.44. The van der Waals surface area contributed by atoms with E-state index >= 15 is 0 Å². The van der Waals surface area contributed by atoms with Crippen molar-refractivity contribution in [3.05, 3.63) is 11.4 Å². The molecule has 1 heterocycles. The molecule has 1 rings (SSSR count). The van der Waals surface area contributed by atoms with Gasteiger partial charge < -0.3 is 5.73 Å². The number of rotatable bonds is 3. The van der Waals surface area contributed by atoms with Gasteiger partial charge >= 0.3 is 6.18 Å². The first-order valence-corrected chi connectivity index (χ1v) is 4.97. The van der Waals surface area contributed by atoms with Crippen LogP contribution in [-0.2, 0) is 0 Å². The normalized spacial score (nSPS) is 14.1. The highest BCUT2D eigenvalue weighted by Gasteiger charge is 2.40. The molecule has 1 unspecified atom stereocenters. The lowest BCUT2D eigenvalue weighted by molar-refractivity contribution is -0.166. The molecule has 0 aliphatic heterocycles. The van der Waals surface area contributed by atoms with E-state index in [1.165, 1.54) is 0 Å². The van der Waals surface area contributed by atoms with Crippen LogP contribution in [0.5, 0.6) is 0 Å². The molecule has 1 atom stereocenters. The Morgan fingerprint density at radius 3 is 2.24 bits per heavy atom. The molecule has 1 amide bonds. The van der Waals surface area contributed by atoms with E-state index in [9.17, 15) is 18.0 Å². The quantitative estimate of drug-likeness (QED) is 0.885. The van der Waals surface area contributed by atoms with Crippen LogP contribution in [-0.4, -0.2) is 27.1 Å². The minimum Gasteiger partial charge on any atom is -0.364 e. The number of carbonyl (C=O) groups is 1. The van der Waals surface area contributed by atoms with Gasteiger partial charge in [0.2, 0.25) is 0 Å². The van der Waals surface area contributed by atoms with Gasteiger partial charge in [0.25, 0.3) is 5.91 Å². The van der Waals surface area contributed by atoms with E-state index in [-0.39, 0.29) is 17.3 Å². The number of carbonyl (C=O) groups excluding carboxylic acids is 1. The number of hydrogen-bond acceptors (Lipinski definition) is 3. The van der Waals surface area contributed by atoms with E-state index in [1.807, 2.05) is 0 Å². The number of nitrogens with two attached hydrogens (primary N) is 1. The molecule has 0 aliphatic rings. The van der Waals surface area contributed by atoms with E-state index in [0.717, 1.165) is 6.92 Å². The maximum atomic E-state index is 12.6. The zero-order valence-corrected chi connectivity index (χ0v) is 9.62. The lowest BCUT2D eigenvalue weighted by atomic mass is 10.1. The zero-order valence-electron chi connectivity index (χ0n) is 9.62. The van der Waals surface area contributed by atoms with Gasteiger partial charge in [0, 0.05) is 0 Å². The Balaban J connectivity index is 3.31. The fraction of sp³-hybridized carbons (Fsp3) is 0.667. The summed E-state index contributed by atoms with van der Waals surface area (Å²) in [6, 6.07) is -1.85. The van der Waals surface area contributed by atoms with Gasteiger partial charge in [-0.25, -0.2) is 4.68 Å². The molecule has 0 spiro atoms. The van der Waals surface area contributed by atoms with Gasteiger partial charge in [-0.2, -0.15) is 13.2 Å². The first kappa shape index (κ1) is 13.5. The van der Waals surface area contributed by atoms with E-state index in [1.54, 1.807) is 13.8 Å². The average Bonchev–Trinajstić information content (AvgIpc) is 2.58. The maximum Gasteiger partial charge on any atom is 0.410 e. The molecule has 0 bridgehead atoms. The third kappa shape index (κ3) is 2.56. The lowest BCUT2D eigenvalue weighted by Crippen LogP contribution is -2.27. The summed E-state index contributed by atoms with van der Waals surface area (Å²) in [5.74, 6) is -1.22. The highest BCUT2D eigenvalue weighted by molar-refractivity contribution is 5.91. The van der Waals surface area contributed by atoms with Crippen LogP contribution in [0.1, 0.15) is 48.9 Å². The minimum atomic E-state index is -4.45. The first-order valence-electron chi connectivity index (χ1n) is 4.97. The Labute approximate surface area is 95.8 Å². The number of nitrogens with zero attached hydrogens (tertiary/aromatic N) is 3. The maximum absolute atomic E-state index is 12.6. The molecule has 0 fully saturated rings. The van der Waals surface area contributed by atoms with Crippen molar-refractivity contribution in [3.8, 4) is 0 Å². The largest absolute Gasteiger partial charge is 0.410 e. The van der Waals surface area contributed by atoms with Crippen molar-refractivity contribution in [3.63, 3.8) is 0 Å². The SMILES string of the molecule is CC(C)c1c(C(N)=O)nnn1C(C)C(F)(F)F. The van der Waals surface area contributed by atoms with Gasteiger partial charge in [-0.3, -0.25) is 4.79 Å². The molecule has 96 valence electrons. The second-order valence-electron chi connectivity index (χ2n) is 4.00. The zero-order chi connectivity index (χ0) is 13.4. The summed E-state index contributed by atoms with van der Waals surface area (Å²) in [7, 11) is 0. The topological polar surface area (TPSA) is 73.8 Å². The highest BCUT2D eigenvalue weighted by atomic mass is 19.4. The van der Waals surface area contributed by atoms with E-state index in [0.29, 0.717) is 4.68 Å². The number of aromatic nitrogens is 3. The molecule has 17 heavy (non-hydrogen) atoms. The molecule has 0 saturated heterocycles. The molecule has 2 N–H and O–H groups in total. The van der Waals surface area contributed by atoms with Crippen LogP contribution in [0.25, 0.3) is 0 Å². The summed E-state index contributed by atoms with van der Waals surface area (Å²) in [6.07, 6.45) is -4.45. The van der Waals surface area contributed by atoms with Crippen LogP contribution in [0, 0.1) is 0 Å². The van der Waals surface area contributed by atoms with Crippen LogP contribution in [0.4, 0.5) is 13.2 Å². The molecule has 0 aliphatic carbocycles. The predicted molar refractivity (Wildman–Crippen MR) is 53.4 cm³/mol. The van der Waals surface area contributed by atoms with Crippen molar-refractivity contribution in [2.24, 2.45) is 5.73 Å². The molecule has 0 aromatic carbocycles. The van der Waals surface area contributed by atoms with Gasteiger partial charge in [0.05, 0.1) is 5.69 Å². The number of alkyl halides is 3. The van der Waals surface area contributed by atoms with Crippen LogP contribution < -0.4 is 5.73 Å². The third-order valence-corrected chi connectivity index (χ3v) is 2.35. The summed E-state index contributed by atoms with van der Waals surface area (Å²) in [5.41, 5.74) is 4.93. The van der Waals surface area contributed by atoms with Gasteiger partial charge in [-0.05, 0) is 12.8 Å². The standard InChI is InChI=1S/C9H13F3N4O/c1-4(2)7-6(8(13)17)14-15-16(7)5(3)9(10,11)12/h4-5H,1-3H3,(H2,13,17). The van der Waals surface area contributed by atoms with Crippen LogP contribution in [0.2, 0.25) is 0 Å². The molecule has 1 aromatic heterocycles. The summed E-state index contributed by atoms with van der Waals surface area (Å²) in [5, 5.41) is 6.78. The lowest BCUT2D eigenvalue weighted by Gasteiger charge is -2.19. The third-order valence-electron chi connectivity index (χ3n) is 2.35. The molecule has 5 nitrogen and oxygen atoms in total. The molecule has 0 saturated carbocycles. The molecule has 0 radical (unpaired) electrons. The van der Waals surface area contributed by atoms with E-state index < -0.39 is 18.1 Å². The Morgan fingerprint density at radius 2 is 1.88 bits per heavy atom. The molecular weight excluding hydrogens is 237 g/mol. The number of amides is 1. The van der Waals surface area contributed by atoms with Gasteiger partial charge in [-0.1, -0.05) is 19.1 Å². The van der Waals surface area contributed by atoms with E-state index in [2.05, 4.69) is 10.3 Å². The van der Waals surface area contributed by atoms with Crippen molar-refractivity contribution in [2.75, 3.05) is 0 Å². The second kappa shape index (κ2) is 4.34. The van der Waals surface area contributed by atoms with Crippen molar-refractivity contribution < 1.29 is 18.0 Å². The Kier molecular flexibility index (Phi) is 3.44. The van der Waals surface area contributed by atoms with Crippen LogP contribution in [0.15, 0.2) is 0 Å².